The zero-order valence-electron chi connectivity index (χ0n) is 15.3. The van der Waals surface area contributed by atoms with Crippen molar-refractivity contribution in [1.29, 1.82) is 0 Å². The number of ether oxygens (including phenoxy) is 1. The number of nitrogens with zero attached hydrogens (tertiary/aromatic N) is 1. The number of rotatable bonds is 5. The normalized spacial score (nSPS) is 11.4. The van der Waals surface area contributed by atoms with Crippen molar-refractivity contribution >= 4 is 5.69 Å². The quantitative estimate of drug-likeness (QED) is 0.736. The summed E-state index contributed by atoms with van der Waals surface area (Å²) in [7, 11) is 1.71. The van der Waals surface area contributed by atoms with E-state index in [1.807, 2.05) is 12.1 Å². The summed E-state index contributed by atoms with van der Waals surface area (Å²) in [6.07, 6.45) is 0. The van der Waals surface area contributed by atoms with E-state index in [0.29, 0.717) is 0 Å². The van der Waals surface area contributed by atoms with Gasteiger partial charge in [0.1, 0.15) is 5.75 Å². The Balaban J connectivity index is 2.29. The average Bonchev–Trinajstić information content (AvgIpc) is 2.48. The highest BCUT2D eigenvalue weighted by Gasteiger charge is 2.18. The Hall–Kier alpha value is -1.96. The first-order valence-electron chi connectivity index (χ1n) is 8.23. The summed E-state index contributed by atoms with van der Waals surface area (Å²) >= 11 is 0. The molecule has 0 amide bonds. The van der Waals surface area contributed by atoms with Crippen LogP contribution in [-0.4, -0.2) is 13.7 Å². The highest BCUT2D eigenvalue weighted by atomic mass is 16.5. The van der Waals surface area contributed by atoms with Gasteiger partial charge in [0.2, 0.25) is 0 Å². The summed E-state index contributed by atoms with van der Waals surface area (Å²) in [5.74, 6) is 0.899. The fraction of sp³-hybridized carbons (Fsp3) is 0.429. The third-order valence-corrected chi connectivity index (χ3v) is 3.96. The SMILES string of the molecule is COc1ccc(N(Cc2ccc(C)cc2C)CC(C)(C)C)cc1. The van der Waals surface area contributed by atoms with E-state index in [0.717, 1.165) is 18.8 Å². The molecule has 0 radical (unpaired) electrons. The topological polar surface area (TPSA) is 12.5 Å². The molecule has 0 fully saturated rings. The molecule has 2 rings (SSSR count). The minimum absolute atomic E-state index is 0.235. The summed E-state index contributed by atoms with van der Waals surface area (Å²) in [4.78, 5) is 2.46. The summed E-state index contributed by atoms with van der Waals surface area (Å²) in [5.41, 5.74) is 5.53. The molecule has 0 saturated heterocycles. The molecule has 0 aromatic heterocycles. The molecule has 0 bridgehead atoms. The summed E-state index contributed by atoms with van der Waals surface area (Å²) in [6.45, 7) is 13.1. The fourth-order valence-corrected chi connectivity index (χ4v) is 2.83. The Morgan fingerprint density at radius 2 is 1.61 bits per heavy atom. The molecule has 124 valence electrons. The fourth-order valence-electron chi connectivity index (χ4n) is 2.83. The van der Waals surface area contributed by atoms with E-state index in [2.05, 4.69) is 69.9 Å². The Bertz CT molecular complexity index is 638. The number of hydrogen-bond acceptors (Lipinski definition) is 2. The number of aryl methyl sites for hydroxylation is 2. The van der Waals surface area contributed by atoms with Gasteiger partial charge in [0, 0.05) is 18.8 Å². The molecule has 2 aromatic carbocycles. The lowest BCUT2D eigenvalue weighted by atomic mass is 9.95. The second kappa shape index (κ2) is 7.08. The van der Waals surface area contributed by atoms with Gasteiger partial charge in [-0.3, -0.25) is 0 Å². The third-order valence-electron chi connectivity index (χ3n) is 3.96. The molecular weight excluding hydrogens is 282 g/mol. The summed E-state index contributed by atoms with van der Waals surface area (Å²) in [6, 6.07) is 15.1. The molecule has 2 nitrogen and oxygen atoms in total. The third kappa shape index (κ3) is 5.02. The molecule has 2 heteroatoms. The second-order valence-corrected chi connectivity index (χ2v) is 7.54. The zero-order valence-corrected chi connectivity index (χ0v) is 15.3. The van der Waals surface area contributed by atoms with Crippen LogP contribution in [0.25, 0.3) is 0 Å². The molecule has 0 saturated carbocycles. The zero-order chi connectivity index (χ0) is 17.0. The molecule has 23 heavy (non-hydrogen) atoms. The van der Waals surface area contributed by atoms with Crippen LogP contribution in [-0.2, 0) is 6.54 Å². The van der Waals surface area contributed by atoms with E-state index in [1.165, 1.54) is 22.4 Å². The van der Waals surface area contributed by atoms with E-state index in [9.17, 15) is 0 Å². The lowest BCUT2D eigenvalue weighted by Crippen LogP contribution is -2.32. The molecule has 0 heterocycles. The molecule has 0 spiro atoms. The van der Waals surface area contributed by atoms with Crippen molar-refractivity contribution in [2.45, 2.75) is 41.2 Å². The van der Waals surface area contributed by atoms with Crippen molar-refractivity contribution in [3.63, 3.8) is 0 Å². The van der Waals surface area contributed by atoms with Crippen molar-refractivity contribution in [2.24, 2.45) is 5.41 Å². The van der Waals surface area contributed by atoms with Crippen LogP contribution in [0.1, 0.15) is 37.5 Å². The van der Waals surface area contributed by atoms with Crippen LogP contribution >= 0.6 is 0 Å². The van der Waals surface area contributed by atoms with Gasteiger partial charge in [0.05, 0.1) is 7.11 Å². The van der Waals surface area contributed by atoms with E-state index in [4.69, 9.17) is 4.74 Å². The van der Waals surface area contributed by atoms with Gasteiger partial charge >= 0.3 is 0 Å². The lowest BCUT2D eigenvalue weighted by Gasteiger charge is -2.32. The minimum atomic E-state index is 0.235. The van der Waals surface area contributed by atoms with E-state index >= 15 is 0 Å². The highest BCUT2D eigenvalue weighted by Crippen LogP contribution is 2.26. The average molecular weight is 311 g/mol. The van der Waals surface area contributed by atoms with Crippen LogP contribution < -0.4 is 9.64 Å². The van der Waals surface area contributed by atoms with E-state index in [1.54, 1.807) is 7.11 Å². The maximum atomic E-state index is 5.28. The van der Waals surface area contributed by atoms with Crippen molar-refractivity contribution in [2.75, 3.05) is 18.6 Å². The first-order chi connectivity index (χ1) is 10.8. The van der Waals surface area contributed by atoms with Gasteiger partial charge in [-0.1, -0.05) is 44.5 Å². The summed E-state index contributed by atoms with van der Waals surface area (Å²) < 4.78 is 5.28. The molecule has 0 unspecified atom stereocenters. The molecule has 0 N–H and O–H groups in total. The first-order valence-corrected chi connectivity index (χ1v) is 8.23. The molecular formula is C21H29NO. The second-order valence-electron chi connectivity index (χ2n) is 7.54. The first kappa shape index (κ1) is 17.4. The predicted octanol–water partition coefficient (Wildman–Crippen LogP) is 5.36. The Morgan fingerprint density at radius 3 is 2.13 bits per heavy atom. The minimum Gasteiger partial charge on any atom is -0.497 e. The molecule has 0 aliphatic carbocycles. The van der Waals surface area contributed by atoms with E-state index in [-0.39, 0.29) is 5.41 Å². The predicted molar refractivity (Wildman–Crippen MR) is 99.4 cm³/mol. The molecule has 0 aliphatic rings. The van der Waals surface area contributed by atoms with Gasteiger partial charge in [-0.05, 0) is 54.7 Å². The van der Waals surface area contributed by atoms with Crippen molar-refractivity contribution in [3.05, 3.63) is 59.2 Å². The van der Waals surface area contributed by atoms with Crippen molar-refractivity contribution in [1.82, 2.24) is 0 Å². The molecule has 0 aliphatic heterocycles. The van der Waals surface area contributed by atoms with E-state index < -0.39 is 0 Å². The largest absolute Gasteiger partial charge is 0.497 e. The Morgan fingerprint density at radius 1 is 0.957 bits per heavy atom. The van der Waals surface area contributed by atoms with Crippen molar-refractivity contribution in [3.8, 4) is 5.75 Å². The molecule has 0 atom stereocenters. The van der Waals surface area contributed by atoms with Crippen LogP contribution in [0.4, 0.5) is 5.69 Å². The smallest absolute Gasteiger partial charge is 0.119 e. The molecule has 2 aromatic rings. The Labute approximate surface area is 141 Å². The van der Waals surface area contributed by atoms with Gasteiger partial charge in [0.15, 0.2) is 0 Å². The van der Waals surface area contributed by atoms with Crippen LogP contribution in [0, 0.1) is 19.3 Å². The number of anilines is 1. The van der Waals surface area contributed by atoms with Gasteiger partial charge in [0.25, 0.3) is 0 Å². The number of benzene rings is 2. The van der Waals surface area contributed by atoms with Crippen LogP contribution in [0.5, 0.6) is 5.75 Å². The Kier molecular flexibility index (Phi) is 5.35. The highest BCUT2D eigenvalue weighted by molar-refractivity contribution is 5.50. The van der Waals surface area contributed by atoms with Gasteiger partial charge < -0.3 is 9.64 Å². The van der Waals surface area contributed by atoms with Crippen LogP contribution in [0.3, 0.4) is 0 Å². The maximum Gasteiger partial charge on any atom is 0.119 e. The monoisotopic (exact) mass is 311 g/mol. The number of hydrogen-bond donors (Lipinski definition) is 0. The number of methoxy groups -OCH3 is 1. The van der Waals surface area contributed by atoms with Gasteiger partial charge in [-0.2, -0.15) is 0 Å². The van der Waals surface area contributed by atoms with Gasteiger partial charge in [-0.15, -0.1) is 0 Å². The van der Waals surface area contributed by atoms with Crippen LogP contribution in [0.2, 0.25) is 0 Å². The summed E-state index contributed by atoms with van der Waals surface area (Å²) in [5, 5.41) is 0. The maximum absolute atomic E-state index is 5.28. The van der Waals surface area contributed by atoms with Gasteiger partial charge in [-0.25, -0.2) is 0 Å². The van der Waals surface area contributed by atoms with Crippen LogP contribution in [0.15, 0.2) is 42.5 Å². The lowest BCUT2D eigenvalue weighted by molar-refractivity contribution is 0.407. The van der Waals surface area contributed by atoms with Crippen molar-refractivity contribution < 1.29 is 4.74 Å². The standard InChI is InChI=1S/C21H29NO/c1-16-7-8-18(17(2)13-16)14-22(15-21(3,4)5)19-9-11-20(23-6)12-10-19/h7-13H,14-15H2,1-6H3.